The molecule has 0 spiro atoms. The van der Waals surface area contributed by atoms with Crippen LogP contribution in [0.25, 0.3) is 0 Å². The summed E-state index contributed by atoms with van der Waals surface area (Å²) in [6, 6.07) is 6.79. The van der Waals surface area contributed by atoms with Gasteiger partial charge in [-0.05, 0) is 42.9 Å². The summed E-state index contributed by atoms with van der Waals surface area (Å²) in [5.41, 5.74) is 1.14. The highest BCUT2D eigenvalue weighted by Crippen LogP contribution is 2.38. The van der Waals surface area contributed by atoms with Crippen LogP contribution in [-0.2, 0) is 16.4 Å². The lowest BCUT2D eigenvalue weighted by atomic mass is 10.1. The van der Waals surface area contributed by atoms with E-state index in [1.54, 1.807) is 12.1 Å². The Labute approximate surface area is 104 Å². The fourth-order valence-electron chi connectivity index (χ4n) is 1.66. The van der Waals surface area contributed by atoms with Crippen LogP contribution in [-0.4, -0.2) is 13.2 Å². The average Bonchev–Trinajstić information content (AvgIpc) is 3.00. The van der Waals surface area contributed by atoms with Crippen molar-refractivity contribution in [2.45, 2.75) is 29.0 Å². The highest BCUT2D eigenvalue weighted by Gasteiger charge is 2.29. The van der Waals surface area contributed by atoms with E-state index in [9.17, 15) is 8.42 Å². The molecule has 1 atom stereocenters. The Morgan fingerprint density at radius 2 is 1.88 bits per heavy atom. The minimum absolute atomic E-state index is 0.175. The predicted octanol–water partition coefficient (Wildman–Crippen LogP) is 2.05. The molecule has 5 heteroatoms. The summed E-state index contributed by atoms with van der Waals surface area (Å²) in [4.78, 5) is 0.682. The Hall–Kier alpha value is -0.390. The highest BCUT2D eigenvalue weighted by molar-refractivity contribution is 9.09. The maximum Gasteiger partial charge on any atom is 0.238 e. The molecule has 0 aliphatic heterocycles. The summed E-state index contributed by atoms with van der Waals surface area (Å²) in [6.45, 7) is 0. The molecule has 0 heterocycles. The number of primary sulfonamides is 1. The molecule has 1 aromatic carbocycles. The quantitative estimate of drug-likeness (QED) is 0.865. The number of sulfonamides is 1. The van der Waals surface area contributed by atoms with E-state index >= 15 is 0 Å². The normalized spacial score (nSPS) is 18.4. The summed E-state index contributed by atoms with van der Waals surface area (Å²) in [5.74, 6) is 0.790. The third-order valence-corrected chi connectivity index (χ3v) is 4.82. The molecule has 0 amide bonds. The first-order chi connectivity index (χ1) is 7.47. The number of benzene rings is 1. The molecule has 3 nitrogen and oxygen atoms in total. The molecule has 1 aromatic rings. The fourth-order valence-corrected chi connectivity index (χ4v) is 3.08. The van der Waals surface area contributed by atoms with Gasteiger partial charge in [0, 0.05) is 4.83 Å². The maximum absolute atomic E-state index is 11.1. The van der Waals surface area contributed by atoms with Gasteiger partial charge < -0.3 is 0 Å². The number of halogens is 1. The van der Waals surface area contributed by atoms with Crippen LogP contribution in [0.3, 0.4) is 0 Å². The van der Waals surface area contributed by atoms with Gasteiger partial charge in [0.25, 0.3) is 0 Å². The summed E-state index contributed by atoms with van der Waals surface area (Å²) in [5, 5.41) is 5.03. The Bertz CT molecular complexity index is 465. The zero-order valence-corrected chi connectivity index (χ0v) is 11.2. The van der Waals surface area contributed by atoms with Crippen molar-refractivity contribution in [3.05, 3.63) is 29.8 Å². The summed E-state index contributed by atoms with van der Waals surface area (Å²) in [6.07, 6.45) is 3.53. The highest BCUT2D eigenvalue weighted by atomic mass is 79.9. The Balaban J connectivity index is 2.07. The van der Waals surface area contributed by atoms with E-state index in [1.165, 1.54) is 12.8 Å². The largest absolute Gasteiger partial charge is 0.238 e. The molecule has 88 valence electrons. The van der Waals surface area contributed by atoms with E-state index < -0.39 is 10.0 Å². The van der Waals surface area contributed by atoms with Gasteiger partial charge in [-0.1, -0.05) is 28.1 Å². The molecule has 2 rings (SSSR count). The van der Waals surface area contributed by atoms with Gasteiger partial charge in [-0.2, -0.15) is 0 Å². The molecule has 1 aliphatic rings. The van der Waals surface area contributed by atoms with Crippen molar-refractivity contribution in [3.8, 4) is 0 Å². The monoisotopic (exact) mass is 303 g/mol. The van der Waals surface area contributed by atoms with Gasteiger partial charge in [-0.25, -0.2) is 13.6 Å². The molecule has 1 unspecified atom stereocenters. The smallest absolute Gasteiger partial charge is 0.225 e. The Kier molecular flexibility index (Phi) is 3.37. The molecule has 0 radical (unpaired) electrons. The van der Waals surface area contributed by atoms with E-state index in [0.29, 0.717) is 4.83 Å². The zero-order chi connectivity index (χ0) is 11.8. The molecule has 1 aliphatic carbocycles. The van der Waals surface area contributed by atoms with Crippen LogP contribution in [0.15, 0.2) is 29.2 Å². The molecular weight excluding hydrogens is 290 g/mol. The third-order valence-electron chi connectivity index (χ3n) is 2.82. The van der Waals surface area contributed by atoms with Crippen LogP contribution in [0, 0.1) is 5.92 Å². The van der Waals surface area contributed by atoms with Crippen LogP contribution in [0.4, 0.5) is 0 Å². The van der Waals surface area contributed by atoms with Crippen molar-refractivity contribution in [1.29, 1.82) is 0 Å². The lowest BCUT2D eigenvalue weighted by Gasteiger charge is -2.08. The first kappa shape index (κ1) is 12.1. The second-order valence-electron chi connectivity index (χ2n) is 4.25. The van der Waals surface area contributed by atoms with Crippen molar-refractivity contribution in [2.75, 3.05) is 0 Å². The van der Waals surface area contributed by atoms with E-state index in [0.717, 1.165) is 17.9 Å². The molecule has 0 bridgehead atoms. The van der Waals surface area contributed by atoms with Crippen molar-refractivity contribution >= 4 is 26.0 Å². The van der Waals surface area contributed by atoms with E-state index in [4.69, 9.17) is 5.14 Å². The Morgan fingerprint density at radius 1 is 1.31 bits per heavy atom. The summed E-state index contributed by atoms with van der Waals surface area (Å²) >= 11 is 3.66. The van der Waals surface area contributed by atoms with Gasteiger partial charge in [0.15, 0.2) is 0 Å². The van der Waals surface area contributed by atoms with Crippen LogP contribution in [0.5, 0.6) is 0 Å². The van der Waals surface area contributed by atoms with E-state index in [-0.39, 0.29) is 4.90 Å². The molecule has 16 heavy (non-hydrogen) atoms. The SMILES string of the molecule is NS(=O)(=O)c1ccc(CC(Br)C2CC2)cc1. The number of hydrogen-bond donors (Lipinski definition) is 1. The van der Waals surface area contributed by atoms with Gasteiger partial charge >= 0.3 is 0 Å². The van der Waals surface area contributed by atoms with Crippen molar-refractivity contribution in [3.63, 3.8) is 0 Å². The average molecular weight is 304 g/mol. The Morgan fingerprint density at radius 3 is 2.31 bits per heavy atom. The second kappa shape index (κ2) is 4.47. The van der Waals surface area contributed by atoms with Crippen molar-refractivity contribution in [2.24, 2.45) is 11.1 Å². The van der Waals surface area contributed by atoms with Crippen LogP contribution in [0.1, 0.15) is 18.4 Å². The zero-order valence-electron chi connectivity index (χ0n) is 8.77. The number of nitrogens with two attached hydrogens (primary N) is 1. The molecule has 0 aromatic heterocycles. The lowest BCUT2D eigenvalue weighted by Crippen LogP contribution is -2.12. The topological polar surface area (TPSA) is 60.2 Å². The van der Waals surface area contributed by atoms with Crippen LogP contribution >= 0.6 is 15.9 Å². The number of rotatable bonds is 4. The fraction of sp³-hybridized carbons (Fsp3) is 0.455. The van der Waals surface area contributed by atoms with Crippen molar-refractivity contribution in [1.82, 2.24) is 0 Å². The van der Waals surface area contributed by atoms with Crippen molar-refractivity contribution < 1.29 is 8.42 Å². The summed E-state index contributed by atoms with van der Waals surface area (Å²) in [7, 11) is -3.56. The second-order valence-corrected chi connectivity index (χ2v) is 6.98. The van der Waals surface area contributed by atoms with Gasteiger partial charge in [0.05, 0.1) is 4.90 Å². The molecule has 2 N–H and O–H groups in total. The van der Waals surface area contributed by atoms with E-state index in [1.807, 2.05) is 12.1 Å². The molecular formula is C11H14BrNO2S. The third kappa shape index (κ3) is 3.06. The molecule has 1 fully saturated rings. The first-order valence-electron chi connectivity index (χ1n) is 5.22. The minimum atomic E-state index is -3.56. The van der Waals surface area contributed by atoms with Crippen LogP contribution < -0.4 is 5.14 Å². The lowest BCUT2D eigenvalue weighted by molar-refractivity contribution is 0.597. The summed E-state index contributed by atoms with van der Waals surface area (Å²) < 4.78 is 22.1. The first-order valence-corrected chi connectivity index (χ1v) is 7.69. The molecule has 1 saturated carbocycles. The standard InChI is InChI=1S/C11H14BrNO2S/c12-11(9-3-4-9)7-8-1-5-10(6-2-8)16(13,14)15/h1-2,5-6,9,11H,3-4,7H2,(H2,13,14,15). The van der Waals surface area contributed by atoms with Gasteiger partial charge in [0.1, 0.15) is 0 Å². The van der Waals surface area contributed by atoms with Crippen LogP contribution in [0.2, 0.25) is 0 Å². The van der Waals surface area contributed by atoms with Gasteiger partial charge in [-0.3, -0.25) is 0 Å². The number of hydrogen-bond acceptors (Lipinski definition) is 2. The maximum atomic E-state index is 11.1. The van der Waals surface area contributed by atoms with Gasteiger partial charge in [0.2, 0.25) is 10.0 Å². The van der Waals surface area contributed by atoms with Gasteiger partial charge in [-0.15, -0.1) is 0 Å². The van der Waals surface area contributed by atoms with E-state index in [2.05, 4.69) is 15.9 Å². The number of alkyl halides is 1. The predicted molar refractivity (Wildman–Crippen MR) is 67.0 cm³/mol. The molecule has 0 saturated heterocycles. The minimum Gasteiger partial charge on any atom is -0.225 e.